The monoisotopic (exact) mass is 298 g/mol. The molecule has 0 atom stereocenters. The normalized spacial score (nSPS) is 16.1. The molecule has 1 aromatic carbocycles. The fraction of sp³-hybridized carbons (Fsp3) is 0.571. The lowest BCUT2D eigenvalue weighted by molar-refractivity contribution is -0.384. The lowest BCUT2D eigenvalue weighted by Crippen LogP contribution is -2.29. The standard InChI is InChI=1S/C14H19ClN2O3/c1-16(10-11-4-6-20-7-5-11)13-3-2-12(9-15)8-14(13)17(18)19/h2-3,8,11H,4-7,9-10H2,1H3. The van der Waals surface area contributed by atoms with E-state index in [9.17, 15) is 10.1 Å². The van der Waals surface area contributed by atoms with Crippen molar-refractivity contribution in [3.8, 4) is 0 Å². The molecule has 0 N–H and O–H groups in total. The van der Waals surface area contributed by atoms with Gasteiger partial charge in [-0.3, -0.25) is 10.1 Å². The fourth-order valence-corrected chi connectivity index (χ4v) is 2.70. The molecule has 2 rings (SSSR count). The van der Waals surface area contributed by atoms with Crippen LogP contribution in [0.25, 0.3) is 0 Å². The molecule has 0 radical (unpaired) electrons. The molecule has 0 unspecified atom stereocenters. The SMILES string of the molecule is CN(CC1CCOCC1)c1ccc(CCl)cc1[N+](=O)[O-]. The van der Waals surface area contributed by atoms with Crippen LogP contribution in [0.4, 0.5) is 11.4 Å². The summed E-state index contributed by atoms with van der Waals surface area (Å²) >= 11 is 5.74. The molecule has 1 heterocycles. The number of nitro benzene ring substituents is 1. The number of ether oxygens (including phenoxy) is 1. The molecule has 0 aromatic heterocycles. The van der Waals surface area contributed by atoms with Crippen molar-refractivity contribution in [2.75, 3.05) is 31.7 Å². The molecular weight excluding hydrogens is 280 g/mol. The lowest BCUT2D eigenvalue weighted by atomic mass is 9.99. The third-order valence-corrected chi connectivity index (χ3v) is 3.98. The summed E-state index contributed by atoms with van der Waals surface area (Å²) in [6.45, 7) is 2.38. The minimum Gasteiger partial charge on any atom is -0.381 e. The van der Waals surface area contributed by atoms with Crippen LogP contribution in [0.15, 0.2) is 18.2 Å². The Hall–Kier alpha value is -1.33. The van der Waals surface area contributed by atoms with E-state index >= 15 is 0 Å². The van der Waals surface area contributed by atoms with Crippen LogP contribution in [0.2, 0.25) is 0 Å². The van der Waals surface area contributed by atoms with Crippen molar-refractivity contribution in [3.05, 3.63) is 33.9 Å². The van der Waals surface area contributed by atoms with Gasteiger partial charge >= 0.3 is 0 Å². The number of rotatable bonds is 5. The second-order valence-corrected chi connectivity index (χ2v) is 5.42. The molecule has 0 amide bonds. The van der Waals surface area contributed by atoms with Gasteiger partial charge < -0.3 is 9.64 Å². The Labute approximate surface area is 123 Å². The van der Waals surface area contributed by atoms with E-state index in [1.54, 1.807) is 12.1 Å². The van der Waals surface area contributed by atoms with Gasteiger partial charge in [-0.05, 0) is 30.4 Å². The third-order valence-electron chi connectivity index (χ3n) is 3.68. The van der Waals surface area contributed by atoms with Gasteiger partial charge in [0, 0.05) is 38.8 Å². The van der Waals surface area contributed by atoms with E-state index in [1.165, 1.54) is 0 Å². The molecule has 6 heteroatoms. The van der Waals surface area contributed by atoms with Gasteiger partial charge in [-0.15, -0.1) is 11.6 Å². The maximum atomic E-state index is 11.2. The Kier molecular flexibility index (Phi) is 5.20. The second-order valence-electron chi connectivity index (χ2n) is 5.15. The Bertz CT molecular complexity index is 475. The second kappa shape index (κ2) is 6.90. The van der Waals surface area contributed by atoms with Crippen LogP contribution < -0.4 is 4.90 Å². The topological polar surface area (TPSA) is 55.6 Å². The highest BCUT2D eigenvalue weighted by Gasteiger charge is 2.21. The Morgan fingerprint density at radius 2 is 2.15 bits per heavy atom. The van der Waals surface area contributed by atoms with Crippen LogP contribution in [-0.4, -0.2) is 31.7 Å². The van der Waals surface area contributed by atoms with Crippen LogP contribution in [0, 0.1) is 16.0 Å². The van der Waals surface area contributed by atoms with Gasteiger partial charge in [0.2, 0.25) is 0 Å². The highest BCUT2D eigenvalue weighted by Crippen LogP contribution is 2.30. The third kappa shape index (κ3) is 3.61. The Morgan fingerprint density at radius 1 is 1.45 bits per heavy atom. The summed E-state index contributed by atoms with van der Waals surface area (Å²) in [7, 11) is 1.90. The van der Waals surface area contributed by atoms with Crippen molar-refractivity contribution >= 4 is 23.0 Å². The van der Waals surface area contributed by atoms with E-state index < -0.39 is 0 Å². The van der Waals surface area contributed by atoms with Gasteiger partial charge in [-0.25, -0.2) is 0 Å². The summed E-state index contributed by atoms with van der Waals surface area (Å²) in [4.78, 5) is 12.8. The Morgan fingerprint density at radius 3 is 2.75 bits per heavy atom. The maximum Gasteiger partial charge on any atom is 0.292 e. The van der Waals surface area contributed by atoms with Gasteiger partial charge in [-0.2, -0.15) is 0 Å². The molecule has 1 aliphatic heterocycles. The van der Waals surface area contributed by atoms with Crippen molar-refractivity contribution < 1.29 is 9.66 Å². The number of benzene rings is 1. The summed E-state index contributed by atoms with van der Waals surface area (Å²) in [5, 5.41) is 11.2. The molecule has 20 heavy (non-hydrogen) atoms. The van der Waals surface area contributed by atoms with Crippen LogP contribution in [0.5, 0.6) is 0 Å². The molecule has 1 fully saturated rings. The molecule has 0 aliphatic carbocycles. The smallest absolute Gasteiger partial charge is 0.292 e. The number of nitro groups is 1. The number of hydrogen-bond donors (Lipinski definition) is 0. The van der Waals surface area contributed by atoms with Crippen molar-refractivity contribution in [3.63, 3.8) is 0 Å². The molecule has 110 valence electrons. The number of hydrogen-bond acceptors (Lipinski definition) is 4. The first kappa shape index (κ1) is 15.1. The molecule has 1 saturated heterocycles. The van der Waals surface area contributed by atoms with E-state index in [1.807, 2.05) is 18.0 Å². The van der Waals surface area contributed by atoms with E-state index in [4.69, 9.17) is 16.3 Å². The van der Waals surface area contributed by atoms with Crippen LogP contribution in [-0.2, 0) is 10.6 Å². The summed E-state index contributed by atoms with van der Waals surface area (Å²) in [5.74, 6) is 0.811. The van der Waals surface area contributed by atoms with E-state index in [0.29, 0.717) is 11.6 Å². The predicted octanol–water partition coefficient (Wildman–Crippen LogP) is 3.20. The first-order chi connectivity index (χ1) is 9.61. The molecule has 0 spiro atoms. The maximum absolute atomic E-state index is 11.2. The summed E-state index contributed by atoms with van der Waals surface area (Å²) in [6, 6.07) is 5.19. The van der Waals surface area contributed by atoms with Gasteiger partial charge in [0.15, 0.2) is 0 Å². The average molecular weight is 299 g/mol. The van der Waals surface area contributed by atoms with Crippen LogP contribution in [0.1, 0.15) is 18.4 Å². The van der Waals surface area contributed by atoms with Crippen molar-refractivity contribution in [1.82, 2.24) is 0 Å². The van der Waals surface area contributed by atoms with E-state index in [2.05, 4.69) is 0 Å². The Balaban J connectivity index is 2.15. The number of nitrogens with zero attached hydrogens (tertiary/aromatic N) is 2. The average Bonchev–Trinajstić information content (AvgIpc) is 2.47. The summed E-state index contributed by atoms with van der Waals surface area (Å²) < 4.78 is 5.34. The zero-order chi connectivity index (χ0) is 14.5. The molecular formula is C14H19ClN2O3. The highest BCUT2D eigenvalue weighted by atomic mass is 35.5. The minimum absolute atomic E-state index is 0.123. The molecule has 5 nitrogen and oxygen atoms in total. The predicted molar refractivity (Wildman–Crippen MR) is 79.5 cm³/mol. The minimum atomic E-state index is -0.341. The molecule has 0 saturated carbocycles. The summed E-state index contributed by atoms with van der Waals surface area (Å²) in [5.41, 5.74) is 1.54. The first-order valence-electron chi connectivity index (χ1n) is 6.74. The number of alkyl halides is 1. The highest BCUT2D eigenvalue weighted by molar-refractivity contribution is 6.17. The van der Waals surface area contributed by atoms with E-state index in [-0.39, 0.29) is 16.5 Å². The lowest BCUT2D eigenvalue weighted by Gasteiger charge is -2.28. The van der Waals surface area contributed by atoms with Crippen molar-refractivity contribution in [2.45, 2.75) is 18.7 Å². The molecule has 0 bridgehead atoms. The van der Waals surface area contributed by atoms with Gasteiger partial charge in [0.1, 0.15) is 5.69 Å². The van der Waals surface area contributed by atoms with Crippen molar-refractivity contribution in [1.29, 1.82) is 0 Å². The summed E-state index contributed by atoms with van der Waals surface area (Å²) in [6.07, 6.45) is 2.02. The largest absolute Gasteiger partial charge is 0.381 e. The number of anilines is 1. The van der Waals surface area contributed by atoms with Crippen LogP contribution in [0.3, 0.4) is 0 Å². The van der Waals surface area contributed by atoms with Gasteiger partial charge in [-0.1, -0.05) is 6.07 Å². The fourth-order valence-electron chi connectivity index (χ4n) is 2.54. The van der Waals surface area contributed by atoms with Gasteiger partial charge in [0.25, 0.3) is 5.69 Å². The zero-order valence-corrected chi connectivity index (χ0v) is 12.3. The van der Waals surface area contributed by atoms with Crippen molar-refractivity contribution in [2.24, 2.45) is 5.92 Å². The molecule has 1 aliphatic rings. The quantitative estimate of drug-likeness (QED) is 0.476. The van der Waals surface area contributed by atoms with Crippen LogP contribution >= 0.6 is 11.6 Å². The molecule has 1 aromatic rings. The van der Waals surface area contributed by atoms with Gasteiger partial charge in [0.05, 0.1) is 4.92 Å². The van der Waals surface area contributed by atoms with E-state index in [0.717, 1.165) is 38.2 Å². The zero-order valence-electron chi connectivity index (χ0n) is 11.5. The first-order valence-corrected chi connectivity index (χ1v) is 7.27. The number of halogens is 1.